The predicted molar refractivity (Wildman–Crippen MR) is 80.1 cm³/mol. The third-order valence-corrected chi connectivity index (χ3v) is 4.19. The first kappa shape index (κ1) is 14.6. The first-order valence-electron chi connectivity index (χ1n) is 6.95. The quantitative estimate of drug-likeness (QED) is 0.922. The van der Waals surface area contributed by atoms with Crippen molar-refractivity contribution in [3.63, 3.8) is 0 Å². The molecule has 2 aliphatic rings. The van der Waals surface area contributed by atoms with Crippen molar-refractivity contribution in [3.05, 3.63) is 29.8 Å². The number of benzene rings is 1. The second-order valence-electron chi connectivity index (χ2n) is 5.47. The second kappa shape index (κ2) is 6.60. The summed E-state index contributed by atoms with van der Waals surface area (Å²) in [5, 5.41) is 3.72. The number of para-hydroxylation sites is 1. The van der Waals surface area contributed by atoms with Gasteiger partial charge in [0.15, 0.2) is 0 Å². The van der Waals surface area contributed by atoms with Crippen molar-refractivity contribution in [3.8, 4) is 5.75 Å². The van der Waals surface area contributed by atoms with Gasteiger partial charge in [0.1, 0.15) is 5.75 Å². The van der Waals surface area contributed by atoms with Crippen LogP contribution in [0.2, 0.25) is 0 Å². The third kappa shape index (κ3) is 3.41. The van der Waals surface area contributed by atoms with Crippen molar-refractivity contribution in [2.24, 2.45) is 0 Å². The van der Waals surface area contributed by atoms with Crippen LogP contribution in [0.3, 0.4) is 0 Å². The van der Waals surface area contributed by atoms with Gasteiger partial charge in [0.25, 0.3) is 0 Å². The van der Waals surface area contributed by atoms with Crippen LogP contribution in [0, 0.1) is 0 Å². The third-order valence-electron chi connectivity index (χ3n) is 4.19. The van der Waals surface area contributed by atoms with E-state index < -0.39 is 0 Å². The number of methoxy groups -OCH3 is 1. The molecule has 1 N–H and O–H groups in total. The molecule has 1 aromatic carbocycles. The van der Waals surface area contributed by atoms with Crippen LogP contribution in [-0.2, 0) is 6.54 Å². The number of ether oxygens (including phenoxy) is 1. The number of likely N-dealkylation sites (tertiary alicyclic amines) is 1. The van der Waals surface area contributed by atoms with Gasteiger partial charge in [-0.15, -0.1) is 12.4 Å². The summed E-state index contributed by atoms with van der Waals surface area (Å²) < 4.78 is 5.44. The Labute approximate surface area is 121 Å². The Kier molecular flexibility index (Phi) is 5.08. The Balaban J connectivity index is 0.00000133. The number of nitrogens with zero attached hydrogens (tertiary/aromatic N) is 1. The molecular formula is C15H23ClN2O. The van der Waals surface area contributed by atoms with Crippen molar-refractivity contribution in [2.45, 2.75) is 37.9 Å². The van der Waals surface area contributed by atoms with Gasteiger partial charge in [-0.1, -0.05) is 18.2 Å². The molecule has 0 amide bonds. The van der Waals surface area contributed by atoms with Crippen molar-refractivity contribution in [1.82, 2.24) is 10.2 Å². The highest BCUT2D eigenvalue weighted by atomic mass is 35.5. The van der Waals surface area contributed by atoms with Gasteiger partial charge in [0.2, 0.25) is 0 Å². The molecule has 106 valence electrons. The van der Waals surface area contributed by atoms with E-state index in [-0.39, 0.29) is 12.4 Å². The molecule has 2 atom stereocenters. The lowest BCUT2D eigenvalue weighted by atomic mass is 10.1. The molecule has 0 aliphatic carbocycles. The molecule has 2 bridgehead atoms. The molecule has 3 rings (SSSR count). The lowest BCUT2D eigenvalue weighted by Gasteiger charge is -2.24. The van der Waals surface area contributed by atoms with Gasteiger partial charge in [-0.3, -0.25) is 4.90 Å². The molecule has 0 saturated carbocycles. The smallest absolute Gasteiger partial charge is 0.123 e. The molecular weight excluding hydrogens is 260 g/mol. The summed E-state index contributed by atoms with van der Waals surface area (Å²) >= 11 is 0. The maximum Gasteiger partial charge on any atom is 0.123 e. The molecule has 2 unspecified atom stereocenters. The maximum atomic E-state index is 5.44. The van der Waals surface area contributed by atoms with E-state index in [4.69, 9.17) is 4.74 Å². The molecule has 3 nitrogen and oxygen atoms in total. The van der Waals surface area contributed by atoms with E-state index in [1.165, 1.54) is 37.9 Å². The van der Waals surface area contributed by atoms with Crippen molar-refractivity contribution >= 4 is 12.4 Å². The Morgan fingerprint density at radius 2 is 2.00 bits per heavy atom. The number of nitrogens with one attached hydrogen (secondary N) is 1. The fourth-order valence-corrected chi connectivity index (χ4v) is 3.23. The van der Waals surface area contributed by atoms with Gasteiger partial charge < -0.3 is 10.1 Å². The van der Waals surface area contributed by atoms with E-state index in [1.54, 1.807) is 7.11 Å². The Bertz CT molecular complexity index is 413. The van der Waals surface area contributed by atoms with Crippen LogP contribution in [-0.4, -0.2) is 37.2 Å². The molecule has 0 spiro atoms. The molecule has 19 heavy (non-hydrogen) atoms. The highest BCUT2D eigenvalue weighted by molar-refractivity contribution is 5.85. The summed E-state index contributed by atoms with van der Waals surface area (Å²) in [6.45, 7) is 3.38. The monoisotopic (exact) mass is 282 g/mol. The van der Waals surface area contributed by atoms with Gasteiger partial charge in [-0.05, 0) is 25.3 Å². The number of rotatable bonds is 3. The van der Waals surface area contributed by atoms with Crippen LogP contribution in [0.15, 0.2) is 24.3 Å². The summed E-state index contributed by atoms with van der Waals surface area (Å²) in [4.78, 5) is 2.56. The highest BCUT2D eigenvalue weighted by Crippen LogP contribution is 2.24. The summed E-state index contributed by atoms with van der Waals surface area (Å²) in [6.07, 6.45) is 3.99. The minimum absolute atomic E-state index is 0. The summed E-state index contributed by atoms with van der Waals surface area (Å²) in [5.74, 6) is 1.01. The Morgan fingerprint density at radius 3 is 2.84 bits per heavy atom. The second-order valence-corrected chi connectivity index (χ2v) is 5.47. The van der Waals surface area contributed by atoms with E-state index in [1.807, 2.05) is 6.07 Å². The molecule has 2 heterocycles. The first-order valence-corrected chi connectivity index (χ1v) is 6.95. The molecule has 2 aliphatic heterocycles. The van der Waals surface area contributed by atoms with E-state index in [2.05, 4.69) is 28.4 Å². The number of halogens is 1. The topological polar surface area (TPSA) is 24.5 Å². The van der Waals surface area contributed by atoms with Gasteiger partial charge >= 0.3 is 0 Å². The van der Waals surface area contributed by atoms with Gasteiger partial charge in [-0.25, -0.2) is 0 Å². The molecule has 4 heteroatoms. The number of hydrogen-bond acceptors (Lipinski definition) is 3. The Hall–Kier alpha value is -0.770. The zero-order valence-corrected chi connectivity index (χ0v) is 12.3. The average Bonchev–Trinajstić information content (AvgIpc) is 2.73. The van der Waals surface area contributed by atoms with E-state index in [0.29, 0.717) is 6.04 Å². The van der Waals surface area contributed by atoms with Crippen LogP contribution in [0.4, 0.5) is 0 Å². The lowest BCUT2D eigenvalue weighted by molar-refractivity contribution is 0.247. The van der Waals surface area contributed by atoms with Crippen LogP contribution >= 0.6 is 12.4 Å². The molecule has 0 radical (unpaired) electrons. The van der Waals surface area contributed by atoms with Gasteiger partial charge in [0.05, 0.1) is 7.11 Å². The highest BCUT2D eigenvalue weighted by Gasteiger charge is 2.29. The predicted octanol–water partition coefficient (Wildman–Crippen LogP) is 2.44. The van der Waals surface area contributed by atoms with Crippen molar-refractivity contribution in [1.29, 1.82) is 0 Å². The fourth-order valence-electron chi connectivity index (χ4n) is 3.23. The molecule has 2 fully saturated rings. The fraction of sp³-hybridized carbons (Fsp3) is 0.600. The van der Waals surface area contributed by atoms with Crippen LogP contribution < -0.4 is 10.1 Å². The number of hydrogen-bond donors (Lipinski definition) is 1. The minimum atomic E-state index is 0. The number of fused-ring (bicyclic) bond motifs is 2. The first-order chi connectivity index (χ1) is 8.85. The van der Waals surface area contributed by atoms with Gasteiger partial charge in [-0.2, -0.15) is 0 Å². The standard InChI is InChI=1S/C15H22N2O.ClH/c1-18-15-5-3-2-4-12(15)10-17-9-8-13-6-7-14(11-17)16-13;/h2-5,13-14,16H,6-11H2,1H3;1H. The van der Waals surface area contributed by atoms with Crippen molar-refractivity contribution < 1.29 is 4.74 Å². The Morgan fingerprint density at radius 1 is 1.21 bits per heavy atom. The lowest BCUT2D eigenvalue weighted by Crippen LogP contribution is -2.35. The van der Waals surface area contributed by atoms with Crippen molar-refractivity contribution in [2.75, 3.05) is 20.2 Å². The SMILES string of the molecule is COc1ccccc1CN1CCC2CCC(C1)N2.Cl. The molecule has 2 saturated heterocycles. The van der Waals surface area contributed by atoms with E-state index in [9.17, 15) is 0 Å². The maximum absolute atomic E-state index is 5.44. The van der Waals surface area contributed by atoms with Gasteiger partial charge in [0, 0.05) is 37.3 Å². The average molecular weight is 283 g/mol. The molecule has 1 aromatic rings. The normalized spacial score (nSPS) is 26.6. The summed E-state index contributed by atoms with van der Waals surface area (Å²) in [5.41, 5.74) is 1.30. The van der Waals surface area contributed by atoms with Crippen LogP contribution in [0.25, 0.3) is 0 Å². The van der Waals surface area contributed by atoms with E-state index >= 15 is 0 Å². The summed E-state index contributed by atoms with van der Waals surface area (Å²) in [6, 6.07) is 9.83. The zero-order chi connectivity index (χ0) is 12.4. The van der Waals surface area contributed by atoms with E-state index in [0.717, 1.165) is 18.3 Å². The zero-order valence-electron chi connectivity index (χ0n) is 11.5. The summed E-state index contributed by atoms with van der Waals surface area (Å²) in [7, 11) is 1.75. The van der Waals surface area contributed by atoms with Crippen LogP contribution in [0.5, 0.6) is 5.75 Å². The minimum Gasteiger partial charge on any atom is -0.496 e. The molecule has 0 aromatic heterocycles. The largest absolute Gasteiger partial charge is 0.496 e. The van der Waals surface area contributed by atoms with Crippen LogP contribution in [0.1, 0.15) is 24.8 Å².